The third-order valence-corrected chi connectivity index (χ3v) is 7.09. The molecule has 2 aliphatic heterocycles. The summed E-state index contributed by atoms with van der Waals surface area (Å²) in [6, 6.07) is 6.71. The number of benzene rings is 1. The third kappa shape index (κ3) is 3.92. The first-order chi connectivity index (χ1) is 12.4. The first-order valence-electron chi connectivity index (χ1n) is 9.13. The number of rotatable bonds is 6. The number of halogens is 1. The van der Waals surface area contributed by atoms with Crippen LogP contribution in [0.25, 0.3) is 0 Å². The zero-order valence-corrected chi connectivity index (χ0v) is 15.8. The topological polar surface area (TPSA) is 69.7 Å². The number of nitrogens with one attached hydrogen (secondary N) is 1. The molecule has 0 aliphatic carbocycles. The first kappa shape index (κ1) is 19.3. The molecule has 2 fully saturated rings. The second-order valence-corrected chi connectivity index (χ2v) is 8.97. The lowest BCUT2D eigenvalue weighted by atomic mass is 9.99. The van der Waals surface area contributed by atoms with Gasteiger partial charge in [0.15, 0.2) is 0 Å². The lowest BCUT2D eigenvalue weighted by molar-refractivity contribution is 0.0360. The fourth-order valence-electron chi connectivity index (χ4n) is 3.70. The normalized spacial score (nSPS) is 22.8. The molecule has 0 spiro atoms. The molecule has 26 heavy (non-hydrogen) atoms. The van der Waals surface area contributed by atoms with Crippen LogP contribution in [-0.2, 0) is 10.0 Å². The molecule has 1 aromatic carbocycles. The molecule has 0 unspecified atom stereocenters. The van der Waals surface area contributed by atoms with Crippen molar-refractivity contribution in [3.63, 3.8) is 0 Å². The molecule has 0 aromatic heterocycles. The lowest BCUT2D eigenvalue weighted by Crippen LogP contribution is -2.63. The molecule has 6 nitrogen and oxygen atoms in total. The summed E-state index contributed by atoms with van der Waals surface area (Å²) >= 11 is 0. The van der Waals surface area contributed by atoms with Gasteiger partial charge in [-0.05, 0) is 44.5 Å². The highest BCUT2D eigenvalue weighted by Crippen LogP contribution is 2.28. The number of carbonyl (C=O) groups is 1. The fraction of sp³-hybridized carbons (Fsp3) is 0.611. The van der Waals surface area contributed by atoms with Crippen LogP contribution in [-0.4, -0.2) is 68.5 Å². The lowest BCUT2D eigenvalue weighted by Gasteiger charge is -2.48. The van der Waals surface area contributed by atoms with E-state index in [9.17, 15) is 17.6 Å². The van der Waals surface area contributed by atoms with E-state index in [0.717, 1.165) is 6.54 Å². The van der Waals surface area contributed by atoms with Crippen molar-refractivity contribution in [2.45, 2.75) is 43.2 Å². The molecular weight excluding hydrogens is 357 g/mol. The number of carbonyl (C=O) groups excluding carboxylic acids is 1. The van der Waals surface area contributed by atoms with Gasteiger partial charge < -0.3 is 5.32 Å². The summed E-state index contributed by atoms with van der Waals surface area (Å²) < 4.78 is 39.3. The van der Waals surface area contributed by atoms with Crippen LogP contribution in [0.5, 0.6) is 0 Å². The second-order valence-electron chi connectivity index (χ2n) is 7.03. The summed E-state index contributed by atoms with van der Waals surface area (Å²) in [5.74, 6) is -0.469. The Morgan fingerprint density at radius 1 is 1.31 bits per heavy atom. The minimum Gasteiger partial charge on any atom is -0.349 e. The van der Waals surface area contributed by atoms with E-state index < -0.39 is 22.6 Å². The van der Waals surface area contributed by atoms with Crippen molar-refractivity contribution < 1.29 is 17.6 Å². The van der Waals surface area contributed by atoms with Crippen LogP contribution in [0.3, 0.4) is 0 Å². The van der Waals surface area contributed by atoms with Gasteiger partial charge in [0.1, 0.15) is 6.67 Å². The van der Waals surface area contributed by atoms with E-state index >= 15 is 0 Å². The fourth-order valence-corrected chi connectivity index (χ4v) is 5.26. The van der Waals surface area contributed by atoms with Gasteiger partial charge in [-0.3, -0.25) is 9.69 Å². The summed E-state index contributed by atoms with van der Waals surface area (Å²) in [5, 5.41) is 2.41. The van der Waals surface area contributed by atoms with Crippen molar-refractivity contribution in [1.82, 2.24) is 14.5 Å². The summed E-state index contributed by atoms with van der Waals surface area (Å²) in [4.78, 5) is 14.5. The van der Waals surface area contributed by atoms with E-state index in [1.165, 1.54) is 41.8 Å². The first-order valence-corrected chi connectivity index (χ1v) is 10.6. The maximum atomic E-state index is 12.8. The van der Waals surface area contributed by atoms with Crippen molar-refractivity contribution in [2.75, 3.05) is 32.9 Å². The van der Waals surface area contributed by atoms with Crippen molar-refractivity contribution in [1.29, 1.82) is 0 Å². The van der Waals surface area contributed by atoms with Crippen LogP contribution in [0.4, 0.5) is 4.39 Å². The summed E-state index contributed by atoms with van der Waals surface area (Å²) in [6.07, 6.45) is 3.58. The minimum atomic E-state index is -3.62. The third-order valence-electron chi connectivity index (χ3n) is 5.27. The van der Waals surface area contributed by atoms with Crippen LogP contribution < -0.4 is 5.32 Å². The van der Waals surface area contributed by atoms with Gasteiger partial charge in [0.2, 0.25) is 10.0 Å². The molecule has 2 heterocycles. The molecule has 0 bridgehead atoms. The molecule has 1 aromatic rings. The maximum absolute atomic E-state index is 12.8. The van der Waals surface area contributed by atoms with Gasteiger partial charge >= 0.3 is 0 Å². The van der Waals surface area contributed by atoms with Crippen molar-refractivity contribution >= 4 is 15.9 Å². The predicted molar refractivity (Wildman–Crippen MR) is 97.3 cm³/mol. The van der Waals surface area contributed by atoms with Gasteiger partial charge in [0.05, 0.1) is 4.90 Å². The minimum absolute atomic E-state index is 0.0857. The molecule has 0 saturated carbocycles. The summed E-state index contributed by atoms with van der Waals surface area (Å²) in [5.41, 5.74) is 0.223. The summed E-state index contributed by atoms with van der Waals surface area (Å²) in [6.45, 7) is 3.47. The Labute approximate surface area is 154 Å². The predicted octanol–water partition coefficient (Wildman–Crippen LogP) is 1.63. The molecule has 2 aliphatic rings. The molecule has 144 valence electrons. The van der Waals surface area contributed by atoms with Gasteiger partial charge in [0, 0.05) is 37.3 Å². The molecule has 8 heteroatoms. The highest BCUT2D eigenvalue weighted by atomic mass is 32.2. The van der Waals surface area contributed by atoms with E-state index in [2.05, 4.69) is 17.1 Å². The Balaban J connectivity index is 1.67. The Kier molecular flexibility index (Phi) is 5.94. The number of alkyl halides is 1. The average Bonchev–Trinajstić information content (AvgIpc) is 2.60. The Hall–Kier alpha value is -1.51. The van der Waals surface area contributed by atoms with E-state index in [1.54, 1.807) is 6.07 Å². The maximum Gasteiger partial charge on any atom is 0.251 e. The Morgan fingerprint density at radius 3 is 2.77 bits per heavy atom. The van der Waals surface area contributed by atoms with Crippen LogP contribution in [0.2, 0.25) is 0 Å². The van der Waals surface area contributed by atoms with Gasteiger partial charge in [-0.2, -0.15) is 4.31 Å². The van der Waals surface area contributed by atoms with Gasteiger partial charge in [-0.1, -0.05) is 12.5 Å². The second kappa shape index (κ2) is 8.02. The van der Waals surface area contributed by atoms with Gasteiger partial charge in [-0.25, -0.2) is 12.8 Å². The summed E-state index contributed by atoms with van der Waals surface area (Å²) in [7, 11) is -3.62. The number of hydrogen-bond acceptors (Lipinski definition) is 4. The van der Waals surface area contributed by atoms with Crippen molar-refractivity contribution in [3.8, 4) is 0 Å². The monoisotopic (exact) mass is 383 g/mol. The number of likely N-dealkylation sites (tertiary alicyclic amines) is 1. The zero-order chi connectivity index (χ0) is 18.7. The van der Waals surface area contributed by atoms with Gasteiger partial charge in [0.25, 0.3) is 5.91 Å². The highest BCUT2D eigenvalue weighted by molar-refractivity contribution is 7.89. The van der Waals surface area contributed by atoms with Crippen LogP contribution in [0.1, 0.15) is 36.5 Å². The number of piperidine rings is 1. The Bertz CT molecular complexity index is 750. The average molecular weight is 383 g/mol. The van der Waals surface area contributed by atoms with E-state index in [1.807, 2.05) is 0 Å². The quantitative estimate of drug-likeness (QED) is 0.811. The molecule has 1 atom stereocenters. The van der Waals surface area contributed by atoms with Crippen LogP contribution >= 0.6 is 0 Å². The van der Waals surface area contributed by atoms with Crippen molar-refractivity contribution in [3.05, 3.63) is 29.8 Å². The zero-order valence-electron chi connectivity index (χ0n) is 15.0. The smallest absolute Gasteiger partial charge is 0.251 e. The number of amides is 1. The van der Waals surface area contributed by atoms with Crippen LogP contribution in [0, 0.1) is 0 Å². The highest BCUT2D eigenvalue weighted by Gasteiger charge is 2.41. The molecular formula is C18H26FN3O3S. The number of hydrogen-bond donors (Lipinski definition) is 1. The van der Waals surface area contributed by atoms with E-state index in [4.69, 9.17) is 0 Å². The Morgan fingerprint density at radius 2 is 2.08 bits per heavy atom. The number of sulfonamides is 1. The molecule has 3 rings (SSSR count). The van der Waals surface area contributed by atoms with Crippen molar-refractivity contribution in [2.24, 2.45) is 0 Å². The largest absolute Gasteiger partial charge is 0.349 e. The SMILES string of the molecule is C[C@H]1CCCCN1C1CN(S(=O)(=O)c2cccc(C(=O)NCCF)c2)C1. The van der Waals surface area contributed by atoms with Crippen LogP contribution in [0.15, 0.2) is 29.2 Å². The molecule has 2 saturated heterocycles. The van der Waals surface area contributed by atoms with E-state index in [-0.39, 0.29) is 23.0 Å². The molecule has 0 radical (unpaired) electrons. The molecule has 1 amide bonds. The van der Waals surface area contributed by atoms with Gasteiger partial charge in [-0.15, -0.1) is 0 Å². The number of nitrogens with zero attached hydrogens (tertiary/aromatic N) is 2. The standard InChI is InChI=1S/C18H26FN3O3S/c1-14-5-2-3-10-22(14)16-12-21(13-16)26(24,25)17-7-4-6-15(11-17)18(23)20-9-8-19/h4,6-7,11,14,16H,2-3,5,8-10,12-13H2,1H3,(H,20,23)/t14-/m0/s1. The van der Waals surface area contributed by atoms with E-state index in [0.29, 0.717) is 19.1 Å². The molecule has 1 N–H and O–H groups in total.